The van der Waals surface area contributed by atoms with E-state index in [1.165, 1.54) is 0 Å². The Hall–Kier alpha value is 0.100. The summed E-state index contributed by atoms with van der Waals surface area (Å²) < 4.78 is 10.1. The molecule has 1 saturated carbocycles. The van der Waals surface area contributed by atoms with Crippen LogP contribution in [0.5, 0.6) is 0 Å². The van der Waals surface area contributed by atoms with Gasteiger partial charge >= 0.3 is 0 Å². The zero-order valence-corrected chi connectivity index (χ0v) is 11.5. The van der Waals surface area contributed by atoms with Crippen LogP contribution in [0.4, 0.5) is 0 Å². The highest BCUT2D eigenvalue weighted by Gasteiger charge is 2.30. The molecule has 0 heterocycles. The fourth-order valence-electron chi connectivity index (χ4n) is 1.90. The van der Waals surface area contributed by atoms with Gasteiger partial charge in [0.15, 0.2) is 0 Å². The Morgan fingerprint density at radius 2 is 1.62 bits per heavy atom. The summed E-state index contributed by atoms with van der Waals surface area (Å²) in [7, 11) is 3.44. The highest BCUT2D eigenvalue weighted by atomic mass is 79.9. The van der Waals surface area contributed by atoms with Crippen LogP contribution < -0.4 is 0 Å². The van der Waals surface area contributed by atoms with Gasteiger partial charge in [-0.3, -0.25) is 0 Å². The second-order valence-corrected chi connectivity index (χ2v) is 5.39. The third-order valence-electron chi connectivity index (χ3n) is 3.04. The van der Waals surface area contributed by atoms with Gasteiger partial charge in [-0.15, -0.1) is 0 Å². The predicted octanol–water partition coefficient (Wildman–Crippen LogP) is 2.27. The number of aliphatic hydroxyl groups excluding tert-OH is 1. The zero-order chi connectivity index (χ0) is 12.0. The summed E-state index contributed by atoms with van der Waals surface area (Å²) in [5.74, 6) is 0. The lowest BCUT2D eigenvalue weighted by Gasteiger charge is -2.03. The first-order valence-corrected chi connectivity index (χ1v) is 6.61. The first kappa shape index (κ1) is 14.2. The van der Waals surface area contributed by atoms with Crippen LogP contribution in [-0.4, -0.2) is 42.5 Å². The van der Waals surface area contributed by atoms with Gasteiger partial charge in [-0.1, -0.05) is 28.1 Å². The van der Waals surface area contributed by atoms with E-state index < -0.39 is 0 Å². The van der Waals surface area contributed by atoms with Crippen LogP contribution in [0.15, 0.2) is 12.2 Å². The number of alkyl halides is 1. The third-order valence-corrected chi connectivity index (χ3v) is 4.03. The average molecular weight is 293 g/mol. The molecule has 2 aliphatic carbocycles. The van der Waals surface area contributed by atoms with E-state index in [-0.39, 0.29) is 17.0 Å². The average Bonchev–Trinajstić information content (AvgIpc) is 2.90. The van der Waals surface area contributed by atoms with E-state index >= 15 is 0 Å². The van der Waals surface area contributed by atoms with E-state index in [2.05, 4.69) is 28.1 Å². The highest BCUT2D eigenvalue weighted by Crippen LogP contribution is 2.27. The molecule has 4 heteroatoms. The van der Waals surface area contributed by atoms with E-state index in [1.807, 2.05) is 0 Å². The summed E-state index contributed by atoms with van der Waals surface area (Å²) in [5, 5.41) is 9.17. The van der Waals surface area contributed by atoms with Gasteiger partial charge < -0.3 is 14.6 Å². The molecule has 1 fully saturated rings. The Labute approximate surface area is 106 Å². The second kappa shape index (κ2) is 7.43. The summed E-state index contributed by atoms with van der Waals surface area (Å²) in [5.41, 5.74) is 0. The van der Waals surface area contributed by atoms with E-state index in [0.29, 0.717) is 6.10 Å². The molecule has 3 nitrogen and oxygen atoms in total. The predicted molar refractivity (Wildman–Crippen MR) is 67.9 cm³/mol. The summed E-state index contributed by atoms with van der Waals surface area (Å²) in [6.07, 6.45) is 8.76. The number of aliphatic hydroxyl groups is 1. The topological polar surface area (TPSA) is 38.7 Å². The molecule has 3 atom stereocenters. The lowest BCUT2D eigenvalue weighted by atomic mass is 10.3. The largest absolute Gasteiger partial charge is 0.392 e. The highest BCUT2D eigenvalue weighted by molar-refractivity contribution is 9.09. The molecule has 0 aliphatic heterocycles. The van der Waals surface area contributed by atoms with Crippen molar-refractivity contribution >= 4 is 15.9 Å². The molecule has 16 heavy (non-hydrogen) atoms. The van der Waals surface area contributed by atoms with Crippen molar-refractivity contribution < 1.29 is 14.6 Å². The molecule has 2 rings (SSSR count). The zero-order valence-electron chi connectivity index (χ0n) is 9.93. The Morgan fingerprint density at radius 1 is 1.06 bits per heavy atom. The molecule has 1 N–H and O–H groups in total. The van der Waals surface area contributed by atoms with Crippen LogP contribution in [0, 0.1) is 0 Å². The fourth-order valence-corrected chi connectivity index (χ4v) is 2.53. The van der Waals surface area contributed by atoms with Gasteiger partial charge in [0.05, 0.1) is 18.3 Å². The number of hydrogen-bond acceptors (Lipinski definition) is 3. The van der Waals surface area contributed by atoms with Crippen molar-refractivity contribution in [2.24, 2.45) is 0 Å². The molecule has 0 aromatic rings. The van der Waals surface area contributed by atoms with Crippen molar-refractivity contribution in [3.05, 3.63) is 12.2 Å². The standard InChI is InChI=1S/C6H11BrO2.C6H10O/c1-9-4-2-5(7)6(8)3-4;1-7-6-4-2-3-5-6/h4-6,8H,2-3H2,1H3;2-3,6H,4-5H2,1H3. The molecule has 0 saturated heterocycles. The molecule has 0 aromatic heterocycles. The number of rotatable bonds is 2. The molecule has 94 valence electrons. The Bertz CT molecular complexity index is 202. The molecule has 0 aromatic carbocycles. The van der Waals surface area contributed by atoms with Gasteiger partial charge in [-0.2, -0.15) is 0 Å². The Balaban J connectivity index is 0.000000165. The Morgan fingerprint density at radius 3 is 1.88 bits per heavy atom. The number of halogens is 1. The summed E-state index contributed by atoms with van der Waals surface area (Å²) in [6.45, 7) is 0. The second-order valence-electron chi connectivity index (χ2n) is 4.21. The van der Waals surface area contributed by atoms with Crippen LogP contribution >= 0.6 is 15.9 Å². The maximum atomic E-state index is 9.17. The van der Waals surface area contributed by atoms with Crippen molar-refractivity contribution in [2.45, 2.75) is 48.8 Å². The summed E-state index contributed by atoms with van der Waals surface area (Å²) in [6, 6.07) is 0. The molecular formula is C12H21BrO3. The number of methoxy groups -OCH3 is 2. The lowest BCUT2D eigenvalue weighted by molar-refractivity contribution is 0.0899. The fraction of sp³-hybridized carbons (Fsp3) is 0.833. The lowest BCUT2D eigenvalue weighted by Crippen LogP contribution is -2.11. The minimum atomic E-state index is -0.213. The van der Waals surface area contributed by atoms with Crippen molar-refractivity contribution in [2.75, 3.05) is 14.2 Å². The number of ether oxygens (including phenoxy) is 2. The van der Waals surface area contributed by atoms with Crippen molar-refractivity contribution in [3.8, 4) is 0 Å². The molecule has 0 amide bonds. The first-order valence-electron chi connectivity index (χ1n) is 5.70. The minimum Gasteiger partial charge on any atom is -0.392 e. The first-order chi connectivity index (χ1) is 7.67. The maximum absolute atomic E-state index is 9.17. The van der Waals surface area contributed by atoms with E-state index in [4.69, 9.17) is 9.47 Å². The van der Waals surface area contributed by atoms with Crippen molar-refractivity contribution in [1.82, 2.24) is 0 Å². The van der Waals surface area contributed by atoms with Crippen LogP contribution in [-0.2, 0) is 9.47 Å². The van der Waals surface area contributed by atoms with Gasteiger partial charge in [0.2, 0.25) is 0 Å². The van der Waals surface area contributed by atoms with E-state index in [1.54, 1.807) is 14.2 Å². The van der Waals surface area contributed by atoms with Crippen LogP contribution in [0.2, 0.25) is 0 Å². The third kappa shape index (κ3) is 4.53. The minimum absolute atomic E-state index is 0.213. The van der Waals surface area contributed by atoms with Crippen LogP contribution in [0.25, 0.3) is 0 Å². The quantitative estimate of drug-likeness (QED) is 0.627. The smallest absolute Gasteiger partial charge is 0.0690 e. The molecule has 2 aliphatic rings. The van der Waals surface area contributed by atoms with Crippen molar-refractivity contribution in [3.63, 3.8) is 0 Å². The van der Waals surface area contributed by atoms with Gasteiger partial charge in [-0.25, -0.2) is 0 Å². The van der Waals surface area contributed by atoms with Gasteiger partial charge in [0, 0.05) is 25.5 Å². The SMILES string of the molecule is COC1CC(O)C(Br)C1.COC1CC=CC1. The molecule has 0 radical (unpaired) electrons. The van der Waals surface area contributed by atoms with Gasteiger partial charge in [0.1, 0.15) is 0 Å². The summed E-state index contributed by atoms with van der Waals surface area (Å²) in [4.78, 5) is 0.238. The molecule has 3 unspecified atom stereocenters. The summed E-state index contributed by atoms with van der Waals surface area (Å²) >= 11 is 3.35. The van der Waals surface area contributed by atoms with Gasteiger partial charge in [-0.05, 0) is 19.3 Å². The van der Waals surface area contributed by atoms with Gasteiger partial charge in [0.25, 0.3) is 0 Å². The molecular weight excluding hydrogens is 272 g/mol. The number of hydrogen-bond donors (Lipinski definition) is 1. The van der Waals surface area contributed by atoms with Crippen LogP contribution in [0.1, 0.15) is 25.7 Å². The maximum Gasteiger partial charge on any atom is 0.0690 e. The molecule has 0 spiro atoms. The molecule has 0 bridgehead atoms. The monoisotopic (exact) mass is 292 g/mol. The van der Waals surface area contributed by atoms with Crippen molar-refractivity contribution in [1.29, 1.82) is 0 Å². The normalized spacial score (nSPS) is 33.9. The Kier molecular flexibility index (Phi) is 6.58. The van der Waals surface area contributed by atoms with E-state index in [9.17, 15) is 5.11 Å². The van der Waals surface area contributed by atoms with Crippen LogP contribution in [0.3, 0.4) is 0 Å². The van der Waals surface area contributed by atoms with E-state index in [0.717, 1.165) is 25.7 Å².